The summed E-state index contributed by atoms with van der Waals surface area (Å²) in [6.07, 6.45) is 0. The van der Waals surface area contributed by atoms with Gasteiger partial charge in [-0.1, -0.05) is 35.4 Å². The molecule has 1 aliphatic heterocycles. The number of aryl methyl sites for hydroxylation is 2. The van der Waals surface area contributed by atoms with Crippen LogP contribution in [-0.4, -0.2) is 11.5 Å². The van der Waals surface area contributed by atoms with Gasteiger partial charge in [-0.15, -0.1) is 11.8 Å². The number of carbonyl (C=O) groups is 1. The lowest BCUT2D eigenvalue weighted by Gasteiger charge is -2.11. The van der Waals surface area contributed by atoms with Crippen molar-refractivity contribution in [1.29, 1.82) is 0 Å². The van der Waals surface area contributed by atoms with Gasteiger partial charge in [-0.3, -0.25) is 4.79 Å². The second-order valence-electron chi connectivity index (χ2n) is 5.14. The van der Waals surface area contributed by atoms with Crippen molar-refractivity contribution >= 4 is 17.5 Å². The van der Waals surface area contributed by atoms with E-state index in [4.69, 9.17) is 0 Å². The van der Waals surface area contributed by atoms with Crippen molar-refractivity contribution in [3.05, 3.63) is 64.7 Å². The van der Waals surface area contributed by atoms with Gasteiger partial charge in [0.15, 0.2) is 5.78 Å². The Bertz CT molecular complexity index is 625. The van der Waals surface area contributed by atoms with Crippen LogP contribution in [0.3, 0.4) is 0 Å². The van der Waals surface area contributed by atoms with E-state index >= 15 is 0 Å². The molecule has 1 atom stereocenters. The third kappa shape index (κ3) is 2.33. The third-order valence-corrected chi connectivity index (χ3v) is 4.71. The van der Waals surface area contributed by atoms with Crippen LogP contribution in [-0.2, 0) is 0 Å². The van der Waals surface area contributed by atoms with E-state index in [1.54, 1.807) is 11.8 Å². The molecule has 0 fully saturated rings. The molecule has 0 spiro atoms. The highest BCUT2D eigenvalue weighted by Crippen LogP contribution is 2.40. The van der Waals surface area contributed by atoms with Crippen LogP contribution in [0.2, 0.25) is 0 Å². The van der Waals surface area contributed by atoms with Gasteiger partial charge < -0.3 is 0 Å². The van der Waals surface area contributed by atoms with Crippen molar-refractivity contribution in [2.45, 2.75) is 24.7 Å². The van der Waals surface area contributed by atoms with E-state index in [2.05, 4.69) is 18.2 Å². The van der Waals surface area contributed by atoms with E-state index in [-0.39, 0.29) is 11.7 Å². The lowest BCUT2D eigenvalue weighted by atomic mass is 9.91. The summed E-state index contributed by atoms with van der Waals surface area (Å²) in [5.41, 5.74) is 4.35. The van der Waals surface area contributed by atoms with Gasteiger partial charge in [0.2, 0.25) is 0 Å². The average Bonchev–Trinajstić information content (AvgIpc) is 2.80. The van der Waals surface area contributed by atoms with Crippen LogP contribution >= 0.6 is 11.8 Å². The van der Waals surface area contributed by atoms with Crippen molar-refractivity contribution in [1.82, 2.24) is 0 Å². The highest BCUT2D eigenvalue weighted by molar-refractivity contribution is 7.99. The highest BCUT2D eigenvalue weighted by Gasteiger charge is 2.29. The number of hydrogen-bond acceptors (Lipinski definition) is 2. The molecular weight excluding hydrogens is 252 g/mol. The summed E-state index contributed by atoms with van der Waals surface area (Å²) in [4.78, 5) is 14.0. The zero-order valence-corrected chi connectivity index (χ0v) is 12.0. The van der Waals surface area contributed by atoms with E-state index in [1.807, 2.05) is 38.1 Å². The Morgan fingerprint density at radius 1 is 1.11 bits per heavy atom. The Morgan fingerprint density at radius 2 is 1.79 bits per heavy atom. The Hall–Kier alpha value is -1.54. The first kappa shape index (κ1) is 12.5. The molecule has 2 aromatic rings. The molecule has 0 saturated heterocycles. The molecular formula is C17H16OS. The fraction of sp³-hybridized carbons (Fsp3) is 0.235. The maximum atomic E-state index is 12.7. The summed E-state index contributed by atoms with van der Waals surface area (Å²) < 4.78 is 0. The minimum Gasteiger partial charge on any atom is -0.293 e. The Kier molecular flexibility index (Phi) is 3.19. The number of Topliss-reactive ketones (excluding diaryl/α,β-unsaturated/α-hetero) is 1. The average molecular weight is 268 g/mol. The van der Waals surface area contributed by atoms with E-state index in [9.17, 15) is 4.79 Å². The van der Waals surface area contributed by atoms with Crippen LogP contribution in [0.25, 0.3) is 0 Å². The maximum Gasteiger partial charge on any atom is 0.171 e. The molecule has 1 heterocycles. The smallest absolute Gasteiger partial charge is 0.171 e. The third-order valence-electron chi connectivity index (χ3n) is 3.52. The molecule has 0 aromatic heterocycles. The minimum atomic E-state index is 0.0161. The summed E-state index contributed by atoms with van der Waals surface area (Å²) >= 11 is 1.79. The van der Waals surface area contributed by atoms with Crippen LogP contribution in [0.5, 0.6) is 0 Å². The number of thioether (sulfide) groups is 1. The second kappa shape index (κ2) is 4.86. The summed E-state index contributed by atoms with van der Waals surface area (Å²) in [5.74, 6) is 1.14. The highest BCUT2D eigenvalue weighted by atomic mass is 32.2. The number of benzene rings is 2. The lowest BCUT2D eigenvalue weighted by molar-refractivity contribution is 0.0968. The van der Waals surface area contributed by atoms with Gasteiger partial charge in [0, 0.05) is 16.2 Å². The zero-order valence-electron chi connectivity index (χ0n) is 11.1. The number of hydrogen-bond donors (Lipinski definition) is 0. The molecule has 0 aliphatic carbocycles. The van der Waals surface area contributed by atoms with Gasteiger partial charge in [0.1, 0.15) is 0 Å². The first-order valence-electron chi connectivity index (χ1n) is 6.49. The molecule has 0 N–H and O–H groups in total. The molecule has 1 unspecified atom stereocenters. The molecule has 0 saturated carbocycles. The van der Waals surface area contributed by atoms with E-state index in [0.29, 0.717) is 0 Å². The first-order chi connectivity index (χ1) is 9.15. The van der Waals surface area contributed by atoms with E-state index < -0.39 is 0 Å². The lowest BCUT2D eigenvalue weighted by Crippen LogP contribution is -2.12. The number of fused-ring (bicyclic) bond motifs is 1. The Morgan fingerprint density at radius 3 is 2.53 bits per heavy atom. The molecule has 1 nitrogen and oxygen atoms in total. The fourth-order valence-electron chi connectivity index (χ4n) is 2.70. The van der Waals surface area contributed by atoms with Crippen LogP contribution in [0.4, 0.5) is 0 Å². The van der Waals surface area contributed by atoms with Crippen LogP contribution in [0.15, 0.2) is 47.4 Å². The first-order valence-corrected chi connectivity index (χ1v) is 7.48. The van der Waals surface area contributed by atoms with Crippen LogP contribution < -0.4 is 0 Å². The SMILES string of the molecule is Cc1cc(C)cc(C(=O)C2CSc3ccccc32)c1. The largest absolute Gasteiger partial charge is 0.293 e. The van der Waals surface area contributed by atoms with Crippen molar-refractivity contribution in [2.24, 2.45) is 0 Å². The van der Waals surface area contributed by atoms with Gasteiger partial charge in [-0.05, 0) is 37.6 Å². The molecule has 0 radical (unpaired) electrons. The summed E-state index contributed by atoms with van der Waals surface area (Å²) in [6, 6.07) is 14.4. The van der Waals surface area contributed by atoms with E-state index in [1.165, 1.54) is 10.5 Å². The number of ketones is 1. The van der Waals surface area contributed by atoms with Crippen molar-refractivity contribution in [3.8, 4) is 0 Å². The van der Waals surface area contributed by atoms with Crippen molar-refractivity contribution in [2.75, 3.05) is 5.75 Å². The van der Waals surface area contributed by atoms with Gasteiger partial charge >= 0.3 is 0 Å². The molecule has 2 heteroatoms. The predicted molar refractivity (Wildman–Crippen MR) is 80.2 cm³/mol. The van der Waals surface area contributed by atoms with Crippen molar-refractivity contribution in [3.63, 3.8) is 0 Å². The molecule has 0 amide bonds. The molecule has 3 rings (SSSR count). The second-order valence-corrected chi connectivity index (χ2v) is 6.20. The summed E-state index contributed by atoms with van der Waals surface area (Å²) in [6.45, 7) is 4.09. The summed E-state index contributed by atoms with van der Waals surface area (Å²) in [5, 5.41) is 0. The summed E-state index contributed by atoms with van der Waals surface area (Å²) in [7, 11) is 0. The van der Waals surface area contributed by atoms with Crippen LogP contribution in [0, 0.1) is 13.8 Å². The minimum absolute atomic E-state index is 0.0161. The van der Waals surface area contributed by atoms with Gasteiger partial charge in [-0.25, -0.2) is 0 Å². The maximum absolute atomic E-state index is 12.7. The molecule has 19 heavy (non-hydrogen) atoms. The molecule has 1 aliphatic rings. The quantitative estimate of drug-likeness (QED) is 0.752. The van der Waals surface area contributed by atoms with Gasteiger partial charge in [0.25, 0.3) is 0 Å². The standard InChI is InChI=1S/C17H16OS/c1-11-7-12(2)9-13(8-11)17(18)15-10-19-16-6-4-3-5-14(15)16/h3-9,15H,10H2,1-2H3. The topological polar surface area (TPSA) is 17.1 Å². The van der Waals surface area contributed by atoms with Gasteiger partial charge in [0.05, 0.1) is 5.92 Å². The molecule has 0 bridgehead atoms. The molecule has 2 aromatic carbocycles. The fourth-order valence-corrected chi connectivity index (χ4v) is 3.93. The zero-order chi connectivity index (χ0) is 13.4. The van der Waals surface area contributed by atoms with Gasteiger partial charge in [-0.2, -0.15) is 0 Å². The number of rotatable bonds is 2. The number of carbonyl (C=O) groups excluding carboxylic acids is 1. The normalized spacial score (nSPS) is 17.3. The monoisotopic (exact) mass is 268 g/mol. The Labute approximate surface area is 118 Å². The Balaban J connectivity index is 1.98. The molecule has 96 valence electrons. The van der Waals surface area contributed by atoms with E-state index in [0.717, 1.165) is 22.4 Å². The predicted octanol–water partition coefficient (Wildman–Crippen LogP) is 4.38. The van der Waals surface area contributed by atoms with Crippen molar-refractivity contribution < 1.29 is 4.79 Å². The van der Waals surface area contributed by atoms with Crippen LogP contribution in [0.1, 0.15) is 33.0 Å².